The van der Waals surface area contributed by atoms with Crippen LogP contribution in [-0.2, 0) is 6.54 Å². The van der Waals surface area contributed by atoms with Crippen molar-refractivity contribution in [3.8, 4) is 0 Å². The van der Waals surface area contributed by atoms with E-state index >= 15 is 0 Å². The van der Waals surface area contributed by atoms with Gasteiger partial charge in [0.25, 0.3) is 0 Å². The second kappa shape index (κ2) is 4.61. The van der Waals surface area contributed by atoms with Crippen molar-refractivity contribution in [3.05, 3.63) is 29.7 Å². The summed E-state index contributed by atoms with van der Waals surface area (Å²) in [5.74, 6) is 0.670. The molecule has 0 aliphatic heterocycles. The van der Waals surface area contributed by atoms with Crippen LogP contribution in [0.5, 0.6) is 0 Å². The zero-order valence-electron chi connectivity index (χ0n) is 10.1. The topological polar surface area (TPSA) is 42.2 Å². The van der Waals surface area contributed by atoms with Crippen molar-refractivity contribution in [2.75, 3.05) is 6.54 Å². The summed E-state index contributed by atoms with van der Waals surface area (Å²) in [5.41, 5.74) is 3.07. The third-order valence-electron chi connectivity index (χ3n) is 2.37. The quantitative estimate of drug-likeness (QED) is 0.850. The van der Waals surface area contributed by atoms with Crippen LogP contribution in [0.25, 0.3) is 5.65 Å². The summed E-state index contributed by atoms with van der Waals surface area (Å²) in [6.45, 7) is 8.25. The van der Waals surface area contributed by atoms with Crippen LogP contribution in [0.4, 0.5) is 0 Å². The molecule has 1 N–H and O–H groups in total. The molecule has 2 aromatic rings. The molecule has 4 heteroatoms. The number of hydrogen-bond acceptors (Lipinski definition) is 3. The van der Waals surface area contributed by atoms with Crippen molar-refractivity contribution < 1.29 is 0 Å². The highest BCUT2D eigenvalue weighted by molar-refractivity contribution is 5.38. The Morgan fingerprint density at radius 1 is 1.44 bits per heavy atom. The average Bonchev–Trinajstić information content (AvgIpc) is 2.56. The van der Waals surface area contributed by atoms with E-state index in [2.05, 4.69) is 29.2 Å². The van der Waals surface area contributed by atoms with Gasteiger partial charge in [0.05, 0.1) is 5.69 Å². The Bertz CT molecular complexity index is 473. The van der Waals surface area contributed by atoms with E-state index < -0.39 is 0 Å². The molecule has 0 fully saturated rings. The van der Waals surface area contributed by atoms with E-state index in [-0.39, 0.29) is 0 Å². The molecule has 0 aromatic carbocycles. The van der Waals surface area contributed by atoms with Crippen molar-refractivity contribution in [2.24, 2.45) is 5.92 Å². The molecule has 0 atom stereocenters. The van der Waals surface area contributed by atoms with Crippen molar-refractivity contribution in [2.45, 2.75) is 27.3 Å². The molecule has 2 rings (SSSR count). The van der Waals surface area contributed by atoms with Crippen molar-refractivity contribution >= 4 is 5.65 Å². The third-order valence-corrected chi connectivity index (χ3v) is 2.37. The fourth-order valence-corrected chi connectivity index (χ4v) is 1.63. The fourth-order valence-electron chi connectivity index (χ4n) is 1.63. The largest absolute Gasteiger partial charge is 0.312 e. The van der Waals surface area contributed by atoms with E-state index in [0.717, 1.165) is 30.0 Å². The Balaban J connectivity index is 2.07. The van der Waals surface area contributed by atoms with Crippen LogP contribution in [-0.4, -0.2) is 21.1 Å². The van der Waals surface area contributed by atoms with E-state index in [1.165, 1.54) is 0 Å². The number of nitrogens with one attached hydrogen (secondary N) is 1. The predicted octanol–water partition coefficient (Wildman–Crippen LogP) is 1.78. The van der Waals surface area contributed by atoms with Crippen LogP contribution in [0, 0.1) is 12.8 Å². The van der Waals surface area contributed by atoms with E-state index in [4.69, 9.17) is 0 Å². The maximum Gasteiger partial charge on any atom is 0.155 e. The molecule has 0 amide bonds. The molecule has 0 radical (unpaired) electrons. The zero-order valence-corrected chi connectivity index (χ0v) is 10.1. The summed E-state index contributed by atoms with van der Waals surface area (Å²) in [7, 11) is 0. The Hall–Kier alpha value is -1.42. The third kappa shape index (κ3) is 2.58. The smallest absolute Gasteiger partial charge is 0.155 e. The lowest BCUT2D eigenvalue weighted by Crippen LogP contribution is -2.19. The number of aromatic nitrogens is 3. The van der Waals surface area contributed by atoms with Crippen molar-refractivity contribution in [1.29, 1.82) is 0 Å². The van der Waals surface area contributed by atoms with E-state index in [1.807, 2.05) is 29.9 Å². The van der Waals surface area contributed by atoms with Gasteiger partial charge in [-0.15, -0.1) is 0 Å². The SMILES string of the molecule is Cc1cc2ncc(CNCC(C)C)cn2n1. The minimum Gasteiger partial charge on any atom is -0.312 e. The number of rotatable bonds is 4. The van der Waals surface area contributed by atoms with Crippen molar-refractivity contribution in [3.63, 3.8) is 0 Å². The molecule has 0 saturated carbocycles. The first-order valence-corrected chi connectivity index (χ1v) is 5.67. The second-order valence-electron chi connectivity index (χ2n) is 4.58. The lowest BCUT2D eigenvalue weighted by molar-refractivity contribution is 0.551. The summed E-state index contributed by atoms with van der Waals surface area (Å²) >= 11 is 0. The molecule has 4 nitrogen and oxygen atoms in total. The summed E-state index contributed by atoms with van der Waals surface area (Å²) < 4.78 is 1.84. The Labute approximate surface area is 95.7 Å². The summed E-state index contributed by atoms with van der Waals surface area (Å²) in [5, 5.41) is 7.73. The van der Waals surface area contributed by atoms with Gasteiger partial charge in [0.2, 0.25) is 0 Å². The van der Waals surface area contributed by atoms with Gasteiger partial charge < -0.3 is 5.32 Å². The molecular formula is C12H18N4. The van der Waals surface area contributed by atoms with Crippen LogP contribution in [0.15, 0.2) is 18.5 Å². The normalized spacial score (nSPS) is 11.5. The fraction of sp³-hybridized carbons (Fsp3) is 0.500. The summed E-state index contributed by atoms with van der Waals surface area (Å²) in [4.78, 5) is 4.36. The molecule has 86 valence electrons. The molecule has 16 heavy (non-hydrogen) atoms. The minimum absolute atomic E-state index is 0.670. The first kappa shape index (κ1) is 11.1. The number of nitrogens with zero attached hydrogens (tertiary/aromatic N) is 3. The highest BCUT2D eigenvalue weighted by Crippen LogP contribution is 2.04. The highest BCUT2D eigenvalue weighted by atomic mass is 15.2. The van der Waals surface area contributed by atoms with Gasteiger partial charge in [-0.1, -0.05) is 13.8 Å². The summed E-state index contributed by atoms with van der Waals surface area (Å²) in [6.07, 6.45) is 3.94. The molecule has 0 bridgehead atoms. The van der Waals surface area contributed by atoms with Crippen LogP contribution in [0.1, 0.15) is 25.1 Å². The standard InChI is InChI=1S/C12H18N4/c1-9(2)5-13-6-11-7-14-12-4-10(3)15-16(12)8-11/h4,7-9,13H,5-6H2,1-3H3. The Morgan fingerprint density at radius 3 is 3.00 bits per heavy atom. The van der Waals surface area contributed by atoms with Gasteiger partial charge in [0.1, 0.15) is 0 Å². The number of fused-ring (bicyclic) bond motifs is 1. The van der Waals surface area contributed by atoms with E-state index in [1.54, 1.807) is 0 Å². The van der Waals surface area contributed by atoms with Crippen LogP contribution in [0.3, 0.4) is 0 Å². The lowest BCUT2D eigenvalue weighted by Gasteiger charge is -2.07. The van der Waals surface area contributed by atoms with E-state index in [0.29, 0.717) is 5.92 Å². The van der Waals surface area contributed by atoms with Crippen LogP contribution in [0.2, 0.25) is 0 Å². The minimum atomic E-state index is 0.670. The predicted molar refractivity (Wildman–Crippen MR) is 64.3 cm³/mol. The van der Waals surface area contributed by atoms with Crippen molar-refractivity contribution in [1.82, 2.24) is 19.9 Å². The molecule has 2 heterocycles. The van der Waals surface area contributed by atoms with Crippen LogP contribution < -0.4 is 5.32 Å². The average molecular weight is 218 g/mol. The molecule has 0 unspecified atom stereocenters. The monoisotopic (exact) mass is 218 g/mol. The first-order chi connectivity index (χ1) is 7.65. The number of aryl methyl sites for hydroxylation is 1. The molecule has 0 spiro atoms. The van der Waals surface area contributed by atoms with E-state index in [9.17, 15) is 0 Å². The maximum absolute atomic E-state index is 4.36. The van der Waals surface area contributed by atoms with Gasteiger partial charge in [-0.3, -0.25) is 0 Å². The summed E-state index contributed by atoms with van der Waals surface area (Å²) in [6, 6.07) is 1.98. The second-order valence-corrected chi connectivity index (χ2v) is 4.58. The van der Waals surface area contributed by atoms with Gasteiger partial charge >= 0.3 is 0 Å². The molecule has 0 aliphatic carbocycles. The first-order valence-electron chi connectivity index (χ1n) is 5.67. The van der Waals surface area contributed by atoms with Gasteiger partial charge in [-0.2, -0.15) is 5.10 Å². The lowest BCUT2D eigenvalue weighted by atomic mass is 10.2. The number of hydrogen-bond donors (Lipinski definition) is 1. The maximum atomic E-state index is 4.36. The van der Waals surface area contributed by atoms with Crippen LogP contribution >= 0.6 is 0 Å². The van der Waals surface area contributed by atoms with Gasteiger partial charge in [0, 0.05) is 30.6 Å². The molecule has 2 aromatic heterocycles. The molecule has 0 saturated heterocycles. The zero-order chi connectivity index (χ0) is 11.5. The van der Waals surface area contributed by atoms with Gasteiger partial charge in [-0.05, 0) is 19.4 Å². The highest BCUT2D eigenvalue weighted by Gasteiger charge is 2.00. The molecule has 0 aliphatic rings. The Kier molecular flexibility index (Phi) is 3.19. The Morgan fingerprint density at radius 2 is 2.25 bits per heavy atom. The molecular weight excluding hydrogens is 200 g/mol. The van der Waals surface area contributed by atoms with Gasteiger partial charge in [0.15, 0.2) is 5.65 Å². The van der Waals surface area contributed by atoms with Gasteiger partial charge in [-0.25, -0.2) is 9.50 Å².